The number of aliphatic carboxylic acids is 1. The average Bonchev–Trinajstić information content (AvgIpc) is 2.30. The van der Waals surface area contributed by atoms with E-state index in [1.807, 2.05) is 37.3 Å². The van der Waals surface area contributed by atoms with E-state index in [2.05, 4.69) is 5.32 Å². The molecule has 0 saturated heterocycles. The van der Waals surface area contributed by atoms with Gasteiger partial charge in [0.15, 0.2) is 0 Å². The molecule has 0 aromatic heterocycles. The zero-order valence-corrected chi connectivity index (χ0v) is 10.0. The lowest BCUT2D eigenvalue weighted by Crippen LogP contribution is -2.36. The largest absolute Gasteiger partial charge is 0.481 e. The molecule has 4 nitrogen and oxygen atoms in total. The molecule has 0 saturated carbocycles. The maximum atomic E-state index is 11.7. The maximum Gasteiger partial charge on any atom is 0.316 e. The molecule has 0 spiro atoms. The number of benzene rings is 1. The first-order valence-electron chi connectivity index (χ1n) is 5.64. The second-order valence-corrected chi connectivity index (χ2v) is 3.94. The van der Waals surface area contributed by atoms with Gasteiger partial charge in [0.05, 0.1) is 6.04 Å². The van der Waals surface area contributed by atoms with Gasteiger partial charge in [-0.3, -0.25) is 9.59 Å². The molecule has 92 valence electrons. The van der Waals surface area contributed by atoms with Crippen molar-refractivity contribution in [2.45, 2.75) is 26.3 Å². The summed E-state index contributed by atoms with van der Waals surface area (Å²) in [6, 6.07) is 9.26. The van der Waals surface area contributed by atoms with E-state index in [9.17, 15) is 9.59 Å². The smallest absolute Gasteiger partial charge is 0.316 e. The van der Waals surface area contributed by atoms with Gasteiger partial charge in [-0.25, -0.2) is 0 Å². The number of rotatable bonds is 5. The number of carbonyl (C=O) groups excluding carboxylic acids is 1. The molecule has 0 aliphatic rings. The predicted octanol–water partition coefficient (Wildman–Crippen LogP) is 1.97. The Balaban J connectivity index is 2.66. The van der Waals surface area contributed by atoms with Crippen molar-refractivity contribution < 1.29 is 14.7 Å². The van der Waals surface area contributed by atoms with E-state index in [1.54, 1.807) is 6.92 Å². The molecule has 2 atom stereocenters. The van der Waals surface area contributed by atoms with Crippen molar-refractivity contribution in [2.75, 3.05) is 0 Å². The summed E-state index contributed by atoms with van der Waals surface area (Å²) in [5.41, 5.74) is 0.959. The normalized spacial score (nSPS) is 13.8. The highest BCUT2D eigenvalue weighted by Crippen LogP contribution is 2.13. The summed E-state index contributed by atoms with van der Waals surface area (Å²) in [4.78, 5) is 22.5. The molecule has 0 fully saturated rings. The molecule has 0 unspecified atom stereocenters. The highest BCUT2D eigenvalue weighted by atomic mass is 16.4. The van der Waals surface area contributed by atoms with Crippen molar-refractivity contribution in [3.63, 3.8) is 0 Å². The molecule has 1 rings (SSSR count). The monoisotopic (exact) mass is 235 g/mol. The molecule has 2 N–H and O–H groups in total. The summed E-state index contributed by atoms with van der Waals surface area (Å²) in [7, 11) is 0. The molecule has 1 aromatic rings. The van der Waals surface area contributed by atoms with Crippen molar-refractivity contribution in [3.05, 3.63) is 35.9 Å². The summed E-state index contributed by atoms with van der Waals surface area (Å²) < 4.78 is 0. The van der Waals surface area contributed by atoms with Crippen LogP contribution in [0.4, 0.5) is 0 Å². The van der Waals surface area contributed by atoms with Crippen LogP contribution >= 0.6 is 0 Å². The first kappa shape index (κ1) is 13.2. The second kappa shape index (κ2) is 6.03. The highest BCUT2D eigenvalue weighted by molar-refractivity contribution is 5.96. The summed E-state index contributed by atoms with van der Waals surface area (Å²) >= 11 is 0. The fourth-order valence-corrected chi connectivity index (χ4v) is 1.61. The maximum absolute atomic E-state index is 11.7. The number of nitrogens with one attached hydrogen (secondary N) is 1. The van der Waals surface area contributed by atoms with Gasteiger partial charge >= 0.3 is 5.97 Å². The fraction of sp³-hybridized carbons (Fsp3) is 0.385. The first-order valence-corrected chi connectivity index (χ1v) is 5.64. The molecule has 0 aliphatic heterocycles. The van der Waals surface area contributed by atoms with E-state index in [4.69, 9.17) is 5.11 Å². The van der Waals surface area contributed by atoms with Crippen LogP contribution in [0.5, 0.6) is 0 Å². The Bertz CT molecular complexity index is 389. The van der Waals surface area contributed by atoms with Gasteiger partial charge in [0, 0.05) is 0 Å². The summed E-state index contributed by atoms with van der Waals surface area (Å²) in [6.07, 6.45) is 0.294. The predicted molar refractivity (Wildman–Crippen MR) is 64.4 cm³/mol. The zero-order chi connectivity index (χ0) is 12.8. The van der Waals surface area contributed by atoms with Crippen LogP contribution in [0.2, 0.25) is 0 Å². The van der Waals surface area contributed by atoms with Crippen LogP contribution in [0.1, 0.15) is 31.9 Å². The second-order valence-electron chi connectivity index (χ2n) is 3.94. The molecule has 0 aliphatic carbocycles. The Kier molecular flexibility index (Phi) is 4.69. The van der Waals surface area contributed by atoms with Gasteiger partial charge in [0.2, 0.25) is 5.91 Å². The summed E-state index contributed by atoms with van der Waals surface area (Å²) in [5.74, 6) is -2.48. The lowest BCUT2D eigenvalue weighted by Gasteiger charge is -2.17. The van der Waals surface area contributed by atoms with E-state index in [0.29, 0.717) is 6.42 Å². The van der Waals surface area contributed by atoms with E-state index in [0.717, 1.165) is 5.56 Å². The molecule has 0 radical (unpaired) electrons. The van der Waals surface area contributed by atoms with Crippen LogP contribution in [0.25, 0.3) is 0 Å². The Morgan fingerprint density at radius 3 is 2.35 bits per heavy atom. The topological polar surface area (TPSA) is 66.4 Å². The minimum Gasteiger partial charge on any atom is -0.481 e. The van der Waals surface area contributed by atoms with Crippen molar-refractivity contribution >= 4 is 11.9 Å². The number of carboxylic acids is 1. The number of carboxylic acid groups (broad SMARTS) is 1. The summed E-state index contributed by atoms with van der Waals surface area (Å²) in [5, 5.41) is 11.6. The van der Waals surface area contributed by atoms with Crippen molar-refractivity contribution in [2.24, 2.45) is 5.92 Å². The lowest BCUT2D eigenvalue weighted by atomic mass is 10.0. The van der Waals surface area contributed by atoms with Crippen molar-refractivity contribution in [1.82, 2.24) is 5.32 Å². The van der Waals surface area contributed by atoms with Crippen LogP contribution in [0, 0.1) is 5.92 Å². The van der Waals surface area contributed by atoms with E-state index < -0.39 is 17.8 Å². The third-order valence-electron chi connectivity index (χ3n) is 2.68. The number of amides is 1. The van der Waals surface area contributed by atoms with Crippen LogP contribution in [-0.2, 0) is 9.59 Å². The molecule has 17 heavy (non-hydrogen) atoms. The SMILES string of the molecule is CC[C@@H](C(=O)O)C(=O)N[C@@H](C)c1ccccc1. The number of carbonyl (C=O) groups is 2. The van der Waals surface area contributed by atoms with Crippen LogP contribution in [0.3, 0.4) is 0 Å². The zero-order valence-electron chi connectivity index (χ0n) is 10.0. The van der Waals surface area contributed by atoms with Crippen LogP contribution < -0.4 is 5.32 Å². The third-order valence-corrected chi connectivity index (χ3v) is 2.68. The van der Waals surface area contributed by atoms with Gasteiger partial charge in [-0.05, 0) is 18.9 Å². The van der Waals surface area contributed by atoms with Gasteiger partial charge in [-0.15, -0.1) is 0 Å². The van der Waals surface area contributed by atoms with Gasteiger partial charge < -0.3 is 10.4 Å². The Morgan fingerprint density at radius 2 is 1.88 bits per heavy atom. The molecule has 4 heteroatoms. The number of hydrogen-bond acceptors (Lipinski definition) is 2. The third kappa shape index (κ3) is 3.59. The van der Waals surface area contributed by atoms with Gasteiger partial charge in [0.1, 0.15) is 5.92 Å². The van der Waals surface area contributed by atoms with Crippen LogP contribution in [0.15, 0.2) is 30.3 Å². The fourth-order valence-electron chi connectivity index (χ4n) is 1.61. The van der Waals surface area contributed by atoms with Crippen LogP contribution in [-0.4, -0.2) is 17.0 Å². The van der Waals surface area contributed by atoms with E-state index in [1.165, 1.54) is 0 Å². The molecule has 0 heterocycles. The Morgan fingerprint density at radius 1 is 1.29 bits per heavy atom. The van der Waals surface area contributed by atoms with Crippen molar-refractivity contribution in [3.8, 4) is 0 Å². The van der Waals surface area contributed by atoms with E-state index >= 15 is 0 Å². The molecule has 1 amide bonds. The molecular weight excluding hydrogens is 218 g/mol. The van der Waals surface area contributed by atoms with E-state index in [-0.39, 0.29) is 6.04 Å². The van der Waals surface area contributed by atoms with Gasteiger partial charge in [-0.1, -0.05) is 37.3 Å². The van der Waals surface area contributed by atoms with Gasteiger partial charge in [0.25, 0.3) is 0 Å². The Labute approximate surface area is 101 Å². The minimum atomic E-state index is -1.08. The summed E-state index contributed by atoms with van der Waals surface area (Å²) in [6.45, 7) is 3.52. The van der Waals surface area contributed by atoms with Gasteiger partial charge in [-0.2, -0.15) is 0 Å². The first-order chi connectivity index (χ1) is 8.06. The number of hydrogen-bond donors (Lipinski definition) is 2. The molecule has 1 aromatic carbocycles. The molecule has 0 bridgehead atoms. The minimum absolute atomic E-state index is 0.183. The Hall–Kier alpha value is -1.84. The average molecular weight is 235 g/mol. The highest BCUT2D eigenvalue weighted by Gasteiger charge is 2.25. The standard InChI is InChI=1S/C13H17NO3/c1-3-11(13(16)17)12(15)14-9(2)10-7-5-4-6-8-10/h4-9,11H,3H2,1-2H3,(H,14,15)(H,16,17)/t9-,11+/m0/s1. The van der Waals surface area contributed by atoms with Crippen molar-refractivity contribution in [1.29, 1.82) is 0 Å². The lowest BCUT2D eigenvalue weighted by molar-refractivity contribution is -0.147. The molecular formula is C13H17NO3. The quantitative estimate of drug-likeness (QED) is 0.767.